The van der Waals surface area contributed by atoms with Crippen LogP contribution < -0.4 is 4.72 Å². The minimum atomic E-state index is -4.75. The van der Waals surface area contributed by atoms with Crippen LogP contribution in [0.25, 0.3) is 0 Å². The Hall–Kier alpha value is -1.92. The topological polar surface area (TPSA) is 101 Å². The number of carbonyl (C=O) groups excluding carboxylic acids is 1. The summed E-state index contributed by atoms with van der Waals surface area (Å²) in [5, 5.41) is 2.36. The molecule has 1 atom stereocenters. The monoisotopic (exact) mass is 406 g/mol. The molecule has 12 heteroatoms. The van der Waals surface area contributed by atoms with Crippen molar-refractivity contribution in [3.05, 3.63) is 27.9 Å². The predicted octanol–water partition coefficient (Wildman–Crippen LogP) is 0.937. The van der Waals surface area contributed by atoms with Crippen molar-refractivity contribution in [2.45, 2.75) is 25.1 Å². The van der Waals surface area contributed by atoms with Gasteiger partial charge in [-0.3, -0.25) is 4.99 Å². The van der Waals surface area contributed by atoms with Crippen molar-refractivity contribution in [1.82, 2.24) is 14.6 Å². The van der Waals surface area contributed by atoms with Gasteiger partial charge in [0.25, 0.3) is 10.0 Å². The third-order valence-corrected chi connectivity index (χ3v) is 5.77. The van der Waals surface area contributed by atoms with Crippen molar-refractivity contribution in [2.75, 3.05) is 19.7 Å². The molecule has 0 aromatic carbocycles. The van der Waals surface area contributed by atoms with Gasteiger partial charge in [0, 0.05) is 36.3 Å². The number of alkyl halides is 2. The molecule has 1 aromatic rings. The van der Waals surface area contributed by atoms with Crippen molar-refractivity contribution in [2.24, 2.45) is 4.99 Å². The van der Waals surface area contributed by atoms with Crippen molar-refractivity contribution >= 4 is 33.2 Å². The van der Waals surface area contributed by atoms with Gasteiger partial charge >= 0.3 is 11.7 Å². The first kappa shape index (κ1) is 18.9. The standard InChI is InChI=1S/C14H16F2N4O4S2/c1-2-24-13(21)9-6-18-11(12-17-3-4-25-12)20-7-8(5-10(9)20)19-26(22,23)14(15)16/h3-4,8,14,19H,2,5-7H2,1H3/t8-/m0/s1. The van der Waals surface area contributed by atoms with E-state index in [4.69, 9.17) is 4.74 Å². The smallest absolute Gasteiger partial charge is 0.350 e. The van der Waals surface area contributed by atoms with Gasteiger partial charge in [-0.25, -0.2) is 22.9 Å². The first-order valence-electron chi connectivity index (χ1n) is 7.73. The lowest BCUT2D eigenvalue weighted by Crippen LogP contribution is -2.41. The Morgan fingerprint density at radius 3 is 2.92 bits per heavy atom. The van der Waals surface area contributed by atoms with Crippen LogP contribution in [-0.4, -0.2) is 61.6 Å². The molecule has 26 heavy (non-hydrogen) atoms. The first-order valence-corrected chi connectivity index (χ1v) is 10.2. The Morgan fingerprint density at radius 2 is 2.31 bits per heavy atom. The molecule has 1 aromatic heterocycles. The fourth-order valence-corrected chi connectivity index (χ4v) is 4.23. The molecule has 1 fully saturated rings. The highest BCUT2D eigenvalue weighted by atomic mass is 32.2. The van der Waals surface area contributed by atoms with Crippen LogP contribution in [-0.2, 0) is 19.6 Å². The maximum atomic E-state index is 12.7. The Balaban J connectivity index is 1.91. The number of thiazole rings is 1. The highest BCUT2D eigenvalue weighted by Gasteiger charge is 2.40. The van der Waals surface area contributed by atoms with Crippen LogP contribution in [0.3, 0.4) is 0 Å². The number of aromatic nitrogens is 1. The number of amidine groups is 1. The summed E-state index contributed by atoms with van der Waals surface area (Å²) in [6, 6.07) is -0.809. The minimum absolute atomic E-state index is 0.0634. The number of sulfonamides is 1. The van der Waals surface area contributed by atoms with Crippen molar-refractivity contribution in [1.29, 1.82) is 0 Å². The third kappa shape index (κ3) is 3.62. The second kappa shape index (κ2) is 7.37. The Bertz CT molecular complexity index is 852. The highest BCUT2D eigenvalue weighted by Crippen LogP contribution is 2.32. The molecule has 0 saturated carbocycles. The molecule has 2 aliphatic rings. The summed E-state index contributed by atoms with van der Waals surface area (Å²) in [5.74, 6) is -3.58. The number of rotatable bonds is 6. The number of halogens is 2. The molecule has 2 aliphatic heterocycles. The number of carbonyl (C=O) groups is 1. The molecule has 0 aliphatic carbocycles. The number of nitrogens with zero attached hydrogens (tertiary/aromatic N) is 3. The number of esters is 1. The van der Waals surface area contributed by atoms with Crippen LogP contribution in [0.2, 0.25) is 0 Å². The van der Waals surface area contributed by atoms with Crippen LogP contribution in [0.15, 0.2) is 27.8 Å². The lowest BCUT2D eigenvalue weighted by Gasteiger charge is -2.26. The van der Waals surface area contributed by atoms with Crippen LogP contribution in [0.4, 0.5) is 8.78 Å². The van der Waals surface area contributed by atoms with Crippen LogP contribution in [0.5, 0.6) is 0 Å². The van der Waals surface area contributed by atoms with Gasteiger partial charge < -0.3 is 9.64 Å². The summed E-state index contributed by atoms with van der Waals surface area (Å²) in [6.45, 7) is 1.98. The average Bonchev–Trinajstić information content (AvgIpc) is 3.22. The van der Waals surface area contributed by atoms with Crippen molar-refractivity contribution in [3.8, 4) is 0 Å². The molecule has 0 bridgehead atoms. The van der Waals surface area contributed by atoms with E-state index in [-0.39, 0.29) is 26.1 Å². The van der Waals surface area contributed by atoms with E-state index < -0.39 is 27.8 Å². The summed E-state index contributed by atoms with van der Waals surface area (Å²) in [6.07, 6.45) is 1.68. The van der Waals surface area contributed by atoms with E-state index in [1.807, 2.05) is 4.72 Å². The molecule has 0 spiro atoms. The van der Waals surface area contributed by atoms with E-state index in [0.717, 1.165) is 0 Å². The number of aliphatic imine (C=N–C) groups is 1. The lowest BCUT2D eigenvalue weighted by atomic mass is 10.1. The van der Waals surface area contributed by atoms with Crippen LogP contribution >= 0.6 is 11.3 Å². The zero-order valence-electron chi connectivity index (χ0n) is 13.7. The summed E-state index contributed by atoms with van der Waals surface area (Å²) in [4.78, 5) is 22.4. The Labute approximate surface area is 152 Å². The lowest BCUT2D eigenvalue weighted by molar-refractivity contribution is -0.138. The summed E-state index contributed by atoms with van der Waals surface area (Å²) >= 11 is 1.34. The third-order valence-electron chi connectivity index (χ3n) is 3.87. The molecule has 1 N–H and O–H groups in total. The number of ether oxygens (including phenoxy) is 1. The van der Waals surface area contributed by atoms with Gasteiger partial charge in [0.2, 0.25) is 0 Å². The molecule has 0 unspecified atom stereocenters. The van der Waals surface area contributed by atoms with E-state index in [2.05, 4.69) is 9.98 Å². The number of hydrogen-bond acceptors (Lipinski definition) is 8. The van der Waals surface area contributed by atoms with Gasteiger partial charge in [-0.05, 0) is 6.92 Å². The number of fused-ring (bicyclic) bond motifs is 1. The molecular formula is C14H16F2N4O4S2. The second-order valence-electron chi connectivity index (χ2n) is 5.56. The van der Waals surface area contributed by atoms with Crippen LogP contribution in [0.1, 0.15) is 18.4 Å². The molecule has 0 radical (unpaired) electrons. The molecule has 0 amide bonds. The zero-order valence-corrected chi connectivity index (χ0v) is 15.3. The predicted molar refractivity (Wildman–Crippen MR) is 90.3 cm³/mol. The van der Waals surface area contributed by atoms with Crippen molar-refractivity contribution < 1.29 is 26.7 Å². The molecule has 3 rings (SSSR count). The normalized spacial score (nSPS) is 20.4. The second-order valence-corrected chi connectivity index (χ2v) is 8.13. The van der Waals surface area contributed by atoms with E-state index in [1.165, 1.54) is 11.3 Å². The maximum Gasteiger partial charge on any atom is 0.350 e. The fourth-order valence-electron chi connectivity index (χ4n) is 2.85. The van der Waals surface area contributed by atoms with Gasteiger partial charge in [0.15, 0.2) is 10.8 Å². The average molecular weight is 406 g/mol. The summed E-state index contributed by atoms with van der Waals surface area (Å²) in [5.41, 5.74) is 0.816. The Morgan fingerprint density at radius 1 is 1.54 bits per heavy atom. The SMILES string of the molecule is CCOC(=O)C1=C2C[C@H](NS(=O)(=O)C(F)F)CN2C(c2nccs2)=NC1. The van der Waals surface area contributed by atoms with Gasteiger partial charge in [0.05, 0.1) is 18.7 Å². The van der Waals surface area contributed by atoms with Gasteiger partial charge in [0.1, 0.15) is 0 Å². The largest absolute Gasteiger partial charge is 0.463 e. The van der Waals surface area contributed by atoms with Crippen LogP contribution in [0, 0.1) is 0 Å². The minimum Gasteiger partial charge on any atom is -0.463 e. The van der Waals surface area contributed by atoms with Crippen molar-refractivity contribution in [3.63, 3.8) is 0 Å². The first-order chi connectivity index (χ1) is 12.3. The number of hydrogen-bond donors (Lipinski definition) is 1. The van der Waals surface area contributed by atoms with E-state index in [0.29, 0.717) is 22.1 Å². The highest BCUT2D eigenvalue weighted by molar-refractivity contribution is 7.89. The number of nitrogens with one attached hydrogen (secondary N) is 1. The molecule has 142 valence electrons. The quantitative estimate of drug-likeness (QED) is 0.706. The van der Waals surface area contributed by atoms with Gasteiger partial charge in [-0.2, -0.15) is 8.78 Å². The van der Waals surface area contributed by atoms with E-state index in [1.54, 1.807) is 23.4 Å². The van der Waals surface area contributed by atoms with Gasteiger partial charge in [-0.1, -0.05) is 0 Å². The molecule has 3 heterocycles. The van der Waals surface area contributed by atoms with Gasteiger partial charge in [-0.15, -0.1) is 11.3 Å². The van der Waals surface area contributed by atoms with E-state index in [9.17, 15) is 22.0 Å². The fraction of sp³-hybridized carbons (Fsp3) is 0.500. The van der Waals surface area contributed by atoms with E-state index >= 15 is 0 Å². The molecule has 8 nitrogen and oxygen atoms in total. The zero-order chi connectivity index (χ0) is 18.9. The summed E-state index contributed by atoms with van der Waals surface area (Å²) < 4.78 is 55.3. The molecule has 1 saturated heterocycles. The molecular weight excluding hydrogens is 390 g/mol. The maximum absolute atomic E-state index is 12.7. The Kier molecular flexibility index (Phi) is 5.34. The summed E-state index contributed by atoms with van der Waals surface area (Å²) in [7, 11) is -4.75.